The van der Waals surface area contributed by atoms with Gasteiger partial charge >= 0.3 is 0 Å². The maximum atomic E-state index is 9.75. The number of alkyl halides is 1. The minimum absolute atomic E-state index is 0.128. The fourth-order valence-electron chi connectivity index (χ4n) is 3.12. The zero-order valence-corrected chi connectivity index (χ0v) is 13.9. The van der Waals surface area contributed by atoms with E-state index in [1.165, 1.54) is 5.56 Å². The molecule has 23 heavy (non-hydrogen) atoms. The smallest absolute Gasteiger partial charge is 0.155 e. The Labute approximate surface area is 145 Å². The molecule has 3 nitrogen and oxygen atoms in total. The molecular weight excluding hydrogens is 333 g/mol. The van der Waals surface area contributed by atoms with Crippen LogP contribution in [0.2, 0.25) is 5.02 Å². The van der Waals surface area contributed by atoms with E-state index in [1.54, 1.807) is 12.1 Å². The molecule has 3 rings (SSSR count). The van der Waals surface area contributed by atoms with Gasteiger partial charge in [-0.1, -0.05) is 17.7 Å². The Kier molecular flexibility index (Phi) is 4.66. The summed E-state index contributed by atoms with van der Waals surface area (Å²) in [6.07, 6.45) is 1.88. The van der Waals surface area contributed by atoms with Gasteiger partial charge in [0.2, 0.25) is 0 Å². The molecule has 0 heterocycles. The summed E-state index contributed by atoms with van der Waals surface area (Å²) >= 11 is 11.9. The van der Waals surface area contributed by atoms with Crippen molar-refractivity contribution < 1.29 is 9.84 Å². The minimum atomic E-state index is 0.128. The van der Waals surface area contributed by atoms with Crippen LogP contribution in [-0.2, 0) is 6.42 Å². The van der Waals surface area contributed by atoms with E-state index in [9.17, 15) is 10.4 Å². The van der Waals surface area contributed by atoms with Crippen LogP contribution < -0.4 is 4.74 Å². The molecule has 2 aromatic rings. The highest BCUT2D eigenvalue weighted by atomic mass is 35.5. The van der Waals surface area contributed by atoms with Gasteiger partial charge in [-0.2, -0.15) is 5.26 Å². The molecule has 0 radical (unpaired) electrons. The average Bonchev–Trinajstić information content (AvgIpc) is 2.96. The summed E-state index contributed by atoms with van der Waals surface area (Å²) in [5.74, 6) is 1.10. The first-order chi connectivity index (χ1) is 11.1. The van der Waals surface area contributed by atoms with Crippen LogP contribution in [0.15, 0.2) is 30.3 Å². The van der Waals surface area contributed by atoms with Crippen molar-refractivity contribution >= 4 is 23.2 Å². The fraction of sp³-hybridized carbons (Fsp3) is 0.278. The molecule has 2 aromatic carbocycles. The number of benzene rings is 2. The first kappa shape index (κ1) is 16.0. The fourth-order valence-corrected chi connectivity index (χ4v) is 3.48. The number of nitrogens with zero attached hydrogens (tertiary/aromatic N) is 1. The number of aryl methyl sites for hydroxylation is 1. The predicted octanol–water partition coefficient (Wildman–Crippen LogP) is 4.61. The SMILES string of the molecule is N#Cc1cc(C2CCc3ccc(O)cc32)cc(Cl)c1OCCCl. The lowest BCUT2D eigenvalue weighted by atomic mass is 9.91. The van der Waals surface area contributed by atoms with E-state index >= 15 is 0 Å². The molecule has 0 aliphatic heterocycles. The number of phenols is 1. The molecule has 118 valence electrons. The standard InChI is InChI=1S/C18H15Cl2NO2/c19-5-6-23-18-13(10-21)7-12(8-17(18)20)15-4-2-11-1-3-14(22)9-16(11)15/h1,3,7-9,15,22H,2,4-6H2. The van der Waals surface area contributed by atoms with Gasteiger partial charge in [-0.25, -0.2) is 0 Å². The molecule has 0 saturated carbocycles. The van der Waals surface area contributed by atoms with Gasteiger partial charge in [-0.05, 0) is 53.8 Å². The Morgan fingerprint density at radius 3 is 2.87 bits per heavy atom. The first-order valence-corrected chi connectivity index (χ1v) is 8.29. The van der Waals surface area contributed by atoms with Crippen molar-refractivity contribution in [1.29, 1.82) is 5.26 Å². The van der Waals surface area contributed by atoms with Gasteiger partial charge < -0.3 is 9.84 Å². The van der Waals surface area contributed by atoms with Crippen LogP contribution in [0.1, 0.15) is 34.6 Å². The third-order valence-corrected chi connectivity index (χ3v) is 4.55. The molecule has 1 aliphatic carbocycles. The van der Waals surface area contributed by atoms with Crippen molar-refractivity contribution in [3.05, 3.63) is 57.6 Å². The van der Waals surface area contributed by atoms with Gasteiger partial charge in [0.1, 0.15) is 18.4 Å². The molecule has 0 bridgehead atoms. The van der Waals surface area contributed by atoms with Gasteiger partial charge in [-0.15, -0.1) is 11.6 Å². The Morgan fingerprint density at radius 1 is 1.30 bits per heavy atom. The number of hydrogen-bond donors (Lipinski definition) is 1. The summed E-state index contributed by atoms with van der Waals surface area (Å²) in [7, 11) is 0. The number of rotatable bonds is 4. The molecule has 0 amide bonds. The van der Waals surface area contributed by atoms with Gasteiger partial charge in [0.25, 0.3) is 0 Å². The Morgan fingerprint density at radius 2 is 2.13 bits per heavy atom. The summed E-state index contributed by atoms with van der Waals surface area (Å²) in [5.41, 5.74) is 3.70. The Hall–Kier alpha value is -1.89. The summed E-state index contributed by atoms with van der Waals surface area (Å²) in [6, 6.07) is 11.3. The van der Waals surface area contributed by atoms with Crippen molar-refractivity contribution in [3.8, 4) is 17.6 Å². The Balaban J connectivity index is 2.01. The highest BCUT2D eigenvalue weighted by molar-refractivity contribution is 6.32. The second-order valence-corrected chi connectivity index (χ2v) is 6.29. The summed E-state index contributed by atoms with van der Waals surface area (Å²) in [4.78, 5) is 0. The monoisotopic (exact) mass is 347 g/mol. The maximum absolute atomic E-state index is 9.75. The van der Waals surface area contributed by atoms with Crippen LogP contribution in [-0.4, -0.2) is 17.6 Å². The van der Waals surface area contributed by atoms with E-state index in [0.717, 1.165) is 24.0 Å². The van der Waals surface area contributed by atoms with Crippen LogP contribution in [0, 0.1) is 11.3 Å². The highest BCUT2D eigenvalue weighted by Gasteiger charge is 2.26. The number of hydrogen-bond acceptors (Lipinski definition) is 3. The first-order valence-electron chi connectivity index (χ1n) is 7.38. The van der Waals surface area contributed by atoms with E-state index in [0.29, 0.717) is 28.8 Å². The van der Waals surface area contributed by atoms with Gasteiger partial charge in [0.15, 0.2) is 5.75 Å². The molecule has 0 spiro atoms. The summed E-state index contributed by atoms with van der Waals surface area (Å²) < 4.78 is 5.49. The third kappa shape index (κ3) is 3.10. The van der Waals surface area contributed by atoms with Crippen molar-refractivity contribution in [1.82, 2.24) is 0 Å². The number of aromatic hydroxyl groups is 1. The topological polar surface area (TPSA) is 53.2 Å². The molecule has 5 heteroatoms. The highest BCUT2D eigenvalue weighted by Crippen LogP contribution is 2.42. The van der Waals surface area contributed by atoms with Crippen molar-refractivity contribution in [2.24, 2.45) is 0 Å². The second kappa shape index (κ2) is 6.70. The van der Waals surface area contributed by atoms with E-state index in [1.807, 2.05) is 18.2 Å². The van der Waals surface area contributed by atoms with Crippen molar-refractivity contribution in [2.75, 3.05) is 12.5 Å². The van der Waals surface area contributed by atoms with Gasteiger partial charge in [0.05, 0.1) is 16.5 Å². The molecule has 1 aliphatic rings. The third-order valence-electron chi connectivity index (χ3n) is 4.12. The zero-order chi connectivity index (χ0) is 16.4. The van der Waals surface area contributed by atoms with E-state index < -0.39 is 0 Å². The van der Waals surface area contributed by atoms with E-state index in [2.05, 4.69) is 6.07 Å². The number of halogens is 2. The van der Waals surface area contributed by atoms with Crippen LogP contribution in [0.3, 0.4) is 0 Å². The maximum Gasteiger partial charge on any atom is 0.155 e. The van der Waals surface area contributed by atoms with Crippen molar-refractivity contribution in [2.45, 2.75) is 18.8 Å². The largest absolute Gasteiger partial charge is 0.508 e. The number of fused-ring (bicyclic) bond motifs is 1. The number of phenolic OH excluding ortho intramolecular Hbond substituents is 1. The minimum Gasteiger partial charge on any atom is -0.508 e. The number of nitriles is 1. The Bertz CT molecular complexity index is 783. The predicted molar refractivity (Wildman–Crippen MR) is 90.7 cm³/mol. The quantitative estimate of drug-likeness (QED) is 0.821. The molecule has 1 N–H and O–H groups in total. The molecular formula is C18H15Cl2NO2. The molecule has 1 atom stereocenters. The van der Waals surface area contributed by atoms with E-state index in [4.69, 9.17) is 27.9 Å². The van der Waals surface area contributed by atoms with Crippen LogP contribution >= 0.6 is 23.2 Å². The lowest BCUT2D eigenvalue weighted by molar-refractivity contribution is 0.342. The van der Waals surface area contributed by atoms with Crippen molar-refractivity contribution in [3.63, 3.8) is 0 Å². The second-order valence-electron chi connectivity index (χ2n) is 5.50. The zero-order valence-electron chi connectivity index (χ0n) is 12.4. The summed E-state index contributed by atoms with van der Waals surface area (Å²) in [6.45, 7) is 0.301. The molecule has 1 unspecified atom stereocenters. The lowest BCUT2D eigenvalue weighted by Gasteiger charge is -2.16. The average molecular weight is 348 g/mol. The lowest BCUT2D eigenvalue weighted by Crippen LogP contribution is -2.03. The van der Waals surface area contributed by atoms with Gasteiger partial charge in [0, 0.05) is 5.92 Å². The normalized spacial score (nSPS) is 16.0. The number of ether oxygens (including phenoxy) is 1. The van der Waals surface area contributed by atoms with Crippen LogP contribution in [0.5, 0.6) is 11.5 Å². The van der Waals surface area contributed by atoms with Gasteiger partial charge in [-0.3, -0.25) is 0 Å². The van der Waals surface area contributed by atoms with Crippen LogP contribution in [0.4, 0.5) is 0 Å². The molecule has 0 fully saturated rings. The molecule has 0 aromatic heterocycles. The van der Waals surface area contributed by atoms with E-state index in [-0.39, 0.29) is 11.7 Å². The molecule has 0 saturated heterocycles. The summed E-state index contributed by atoms with van der Waals surface area (Å²) in [5, 5.41) is 19.5. The van der Waals surface area contributed by atoms with Crippen LogP contribution in [0.25, 0.3) is 0 Å².